The number of fused-ring (bicyclic) bond motifs is 8. The molecule has 1 aromatic rings. The highest BCUT2D eigenvalue weighted by molar-refractivity contribution is 5.38. The highest BCUT2D eigenvalue weighted by Crippen LogP contribution is 2.93. The molecule has 1 aliphatic heterocycles. The molecule has 0 radical (unpaired) electrons. The highest BCUT2D eigenvalue weighted by atomic mass is 15.2. The topological polar surface area (TPSA) is 3.24 Å². The number of aryl methyl sites for hydroxylation is 1. The van der Waals surface area contributed by atoms with Crippen LogP contribution in [-0.4, -0.2) is 18.0 Å². The zero-order chi connectivity index (χ0) is 32.8. The third-order valence-electron chi connectivity index (χ3n) is 26.7. The molecule has 0 N–H and O–H groups in total. The van der Waals surface area contributed by atoms with Gasteiger partial charge in [0.05, 0.1) is 0 Å². The van der Waals surface area contributed by atoms with E-state index in [4.69, 9.17) is 0 Å². The number of hydrogen-bond donors (Lipinski definition) is 0. The van der Waals surface area contributed by atoms with E-state index >= 15 is 0 Å². The molecule has 17 aliphatic rings. The van der Waals surface area contributed by atoms with Crippen LogP contribution in [0.4, 0.5) is 0 Å². The van der Waals surface area contributed by atoms with Crippen LogP contribution < -0.4 is 0 Å². The molecule has 1 heteroatoms. The summed E-state index contributed by atoms with van der Waals surface area (Å²) in [6.45, 7) is 5.12. The molecule has 1 nitrogen and oxygen atoms in total. The lowest BCUT2D eigenvalue weighted by molar-refractivity contribution is -0.155. The maximum Gasteiger partial charge on any atom is 0.0382 e. The number of rotatable bonds is 1. The molecule has 1 heterocycles. The molecule has 272 valence electrons. The highest BCUT2D eigenvalue weighted by Gasteiger charge is 2.90. The van der Waals surface area contributed by atoms with E-state index in [1.807, 2.05) is 0 Å². The van der Waals surface area contributed by atoms with E-state index in [0.717, 1.165) is 53.4 Å². The molecular weight excluding hydrogens is 627 g/mol. The third-order valence-corrected chi connectivity index (χ3v) is 26.7. The van der Waals surface area contributed by atoms with Crippen LogP contribution in [0.25, 0.3) is 0 Å². The van der Waals surface area contributed by atoms with Crippen molar-refractivity contribution in [2.75, 3.05) is 7.05 Å². The van der Waals surface area contributed by atoms with Crippen molar-refractivity contribution in [2.24, 2.45) is 189 Å². The summed E-state index contributed by atoms with van der Waals surface area (Å²) in [5.41, 5.74) is 3.18. The zero-order valence-electron chi connectivity index (χ0n) is 32.0. The molecule has 18 rings (SSSR count). The molecule has 0 bridgehead atoms. The Morgan fingerprint density at radius 2 is 0.615 bits per heavy atom. The minimum Gasteiger partial charge on any atom is -0.296 e. The van der Waals surface area contributed by atoms with Crippen LogP contribution >= 0.6 is 0 Å². The van der Waals surface area contributed by atoms with Crippen LogP contribution in [-0.2, 0) is 0 Å². The fraction of sp³-hybridized carbons (Fsp3) is 0.882. The second-order valence-corrected chi connectivity index (χ2v) is 25.2. The Balaban J connectivity index is 0.947. The monoisotopic (exact) mass is 689 g/mol. The molecule has 0 amide bonds. The van der Waals surface area contributed by atoms with Crippen molar-refractivity contribution in [1.82, 2.24) is 4.90 Å². The van der Waals surface area contributed by atoms with Crippen molar-refractivity contribution in [1.29, 1.82) is 0 Å². The lowest BCUT2D eigenvalue weighted by Gasteiger charge is -2.62. The number of likely N-dealkylation sites (tertiary alicyclic amines) is 1. The quantitative estimate of drug-likeness (QED) is 0.284. The van der Waals surface area contributed by atoms with Gasteiger partial charge in [-0.1, -0.05) is 29.8 Å². The van der Waals surface area contributed by atoms with Crippen molar-refractivity contribution in [3.8, 4) is 0 Å². The van der Waals surface area contributed by atoms with Crippen LogP contribution in [0.5, 0.6) is 0 Å². The fourth-order valence-corrected chi connectivity index (χ4v) is 28.1. The first-order valence-electron chi connectivity index (χ1n) is 24.4. The lowest BCUT2D eigenvalue weighted by atomic mass is 9.42. The van der Waals surface area contributed by atoms with E-state index in [0.29, 0.717) is 6.04 Å². The Morgan fingerprint density at radius 3 is 1.00 bits per heavy atom. The van der Waals surface area contributed by atoms with Crippen LogP contribution in [0.3, 0.4) is 0 Å². The molecule has 0 spiro atoms. The normalized spacial score (nSPS) is 76.8. The van der Waals surface area contributed by atoms with Gasteiger partial charge >= 0.3 is 0 Å². The molecule has 1 saturated heterocycles. The second-order valence-electron chi connectivity index (χ2n) is 25.2. The fourth-order valence-electron chi connectivity index (χ4n) is 28.1. The summed E-state index contributed by atoms with van der Waals surface area (Å²) in [5.74, 6) is 37.4. The van der Waals surface area contributed by atoms with Gasteiger partial charge in [-0.3, -0.25) is 4.90 Å². The SMILES string of the molecule is Cc1ccc(C2C3C4C5CCC6C7CCC8C9CCC%10C%11CCC%12C%13C%11C%11C%10C9C9C8C7C7C6C5C5C4C(C%12C3C(C)N2C)C%13C2C%11C9C7C52)cc1. The van der Waals surface area contributed by atoms with Crippen molar-refractivity contribution in [2.45, 2.75) is 77.3 Å². The summed E-state index contributed by atoms with van der Waals surface area (Å²) in [6.07, 6.45) is 13.5. The first-order valence-corrected chi connectivity index (χ1v) is 24.4. The molecule has 16 aliphatic carbocycles. The second kappa shape index (κ2) is 8.13. The molecule has 0 aromatic heterocycles. The van der Waals surface area contributed by atoms with E-state index < -0.39 is 0 Å². The zero-order valence-corrected chi connectivity index (χ0v) is 32.0. The van der Waals surface area contributed by atoms with Crippen molar-refractivity contribution in [3.05, 3.63) is 35.4 Å². The van der Waals surface area contributed by atoms with Crippen LogP contribution in [0.1, 0.15) is 75.5 Å². The first-order chi connectivity index (χ1) is 25.6. The van der Waals surface area contributed by atoms with Gasteiger partial charge in [-0.05, 0) is 267 Å². The summed E-state index contributed by atoms with van der Waals surface area (Å²) in [6, 6.07) is 11.7. The maximum atomic E-state index is 3.05. The van der Waals surface area contributed by atoms with Gasteiger partial charge in [0.2, 0.25) is 0 Å². The molecule has 34 atom stereocenters. The molecule has 52 heavy (non-hydrogen) atoms. The first kappa shape index (κ1) is 27.7. The largest absolute Gasteiger partial charge is 0.296 e. The predicted octanol–water partition coefficient (Wildman–Crippen LogP) is 9.43. The number of benzene rings is 1. The summed E-state index contributed by atoms with van der Waals surface area (Å²) < 4.78 is 0. The Morgan fingerprint density at radius 1 is 0.346 bits per heavy atom. The Labute approximate surface area is 313 Å². The summed E-state index contributed by atoms with van der Waals surface area (Å²) in [7, 11) is 2.64. The van der Waals surface area contributed by atoms with E-state index in [2.05, 4.69) is 50.1 Å². The van der Waals surface area contributed by atoms with E-state index in [9.17, 15) is 0 Å². The molecule has 17 fully saturated rings. The van der Waals surface area contributed by atoms with Gasteiger partial charge in [0.15, 0.2) is 0 Å². The van der Waals surface area contributed by atoms with Gasteiger partial charge in [-0.15, -0.1) is 0 Å². The summed E-state index contributed by atoms with van der Waals surface area (Å²) >= 11 is 0. The molecule has 16 saturated carbocycles. The smallest absolute Gasteiger partial charge is 0.0382 e. The van der Waals surface area contributed by atoms with Crippen LogP contribution in [0.2, 0.25) is 0 Å². The van der Waals surface area contributed by atoms with Gasteiger partial charge in [0, 0.05) is 12.1 Å². The van der Waals surface area contributed by atoms with Crippen LogP contribution in [0, 0.1) is 196 Å². The lowest BCUT2D eigenvalue weighted by Crippen LogP contribution is -2.59. The number of hydrogen-bond acceptors (Lipinski definition) is 1. The number of nitrogens with zero attached hydrogens (tertiary/aromatic N) is 1. The predicted molar refractivity (Wildman–Crippen MR) is 200 cm³/mol. The van der Waals surface area contributed by atoms with Gasteiger partial charge in [-0.25, -0.2) is 0 Å². The average Bonchev–Trinajstić information content (AvgIpc) is 4.01. The van der Waals surface area contributed by atoms with Gasteiger partial charge in [-0.2, -0.15) is 0 Å². The Bertz CT molecular complexity index is 1880. The minimum absolute atomic E-state index is 0.678. The maximum absolute atomic E-state index is 3.05. The standard InChI is InChI=1S/C51H63N/c1-16-4-6-18(7-5-16)51-50-27(17(2)52(51)3)34-25-14-12-23-21-10-8-19-20-9-11-22-24-13-15-26-36-33(24)40-31(22)29(20)38-28(19)30(21)39-32(23)35(25)42-41(34)44(37(26)50)43(36)49-47(40)45(38)46(39)48(42)49/h4-7,17,19-51H,8-15H2,1-3H3. The molecule has 1 aromatic carbocycles. The van der Waals surface area contributed by atoms with Crippen molar-refractivity contribution < 1.29 is 0 Å². The average molecular weight is 690 g/mol. The van der Waals surface area contributed by atoms with Gasteiger partial charge in [0.1, 0.15) is 0 Å². The van der Waals surface area contributed by atoms with Gasteiger partial charge in [0.25, 0.3) is 0 Å². The van der Waals surface area contributed by atoms with Crippen LogP contribution in [0.15, 0.2) is 24.3 Å². The minimum atomic E-state index is 0.678. The Kier molecular flexibility index (Phi) is 4.33. The van der Waals surface area contributed by atoms with Gasteiger partial charge < -0.3 is 0 Å². The third kappa shape index (κ3) is 2.33. The van der Waals surface area contributed by atoms with E-state index in [-0.39, 0.29) is 0 Å². The van der Waals surface area contributed by atoms with E-state index in [1.165, 1.54) is 148 Å². The summed E-state index contributed by atoms with van der Waals surface area (Å²) in [5, 5.41) is 0. The Hall–Kier alpha value is -0.820. The van der Waals surface area contributed by atoms with Crippen molar-refractivity contribution >= 4 is 0 Å². The van der Waals surface area contributed by atoms with Crippen molar-refractivity contribution in [3.63, 3.8) is 0 Å². The summed E-state index contributed by atoms with van der Waals surface area (Å²) in [4.78, 5) is 3.05. The molecule has 34 unspecified atom stereocenters. The van der Waals surface area contributed by atoms with E-state index in [1.54, 1.807) is 56.9 Å². The molecular formula is C51H63N.